The van der Waals surface area contributed by atoms with Crippen LogP contribution in [0, 0.1) is 5.93 Å². The van der Waals surface area contributed by atoms with Crippen molar-refractivity contribution >= 4 is 39.4 Å². The van der Waals surface area contributed by atoms with Gasteiger partial charge in [0, 0.05) is 12.6 Å². The molecule has 0 amide bonds. The molecule has 3 aromatic heterocycles. The summed E-state index contributed by atoms with van der Waals surface area (Å²) in [5.41, 5.74) is 5.71. The molecule has 12 nitrogen and oxygen atoms in total. The Hall–Kier alpha value is -5.01. The maximum atomic E-state index is 14.1. The summed E-state index contributed by atoms with van der Waals surface area (Å²) in [5, 5.41) is 11.9. The van der Waals surface area contributed by atoms with Crippen molar-refractivity contribution in [2.75, 3.05) is 26.7 Å². The number of aromatic nitrogens is 5. The molecule has 0 aliphatic carbocycles. The van der Waals surface area contributed by atoms with Crippen molar-refractivity contribution in [2.24, 2.45) is 0 Å². The van der Waals surface area contributed by atoms with E-state index in [2.05, 4.69) is 31.5 Å². The number of nitrogens with one attached hydrogen (secondary N) is 2. The molecule has 1 saturated heterocycles. The molecule has 0 unspecified atom stereocenters. The Labute approximate surface area is 284 Å². The molecule has 1 aliphatic heterocycles. The SMILES string of the molecule is B#CN(C)Cc1ccc(-n2cc3cc(-c4ccc(S(=O)(=O)N(CCCc5ccc6nonc6c5)C5CCNCC5)cc4)[nH]c3nc2=O)cc1. The first-order chi connectivity index (χ1) is 23.8. The van der Waals surface area contributed by atoms with Gasteiger partial charge in [-0.1, -0.05) is 18.2 Å². The Morgan fingerprint density at radius 3 is 2.47 bits per heavy atom. The van der Waals surface area contributed by atoms with Crippen LogP contribution in [-0.2, 0) is 23.0 Å². The summed E-state index contributed by atoms with van der Waals surface area (Å²) in [6.07, 6.45) is 4.63. The van der Waals surface area contributed by atoms with E-state index in [1.165, 1.54) is 4.57 Å². The Morgan fingerprint density at radius 2 is 1.71 bits per heavy atom. The minimum absolute atomic E-state index is 0.0820. The van der Waals surface area contributed by atoms with Crippen LogP contribution in [0.5, 0.6) is 0 Å². The van der Waals surface area contributed by atoms with Crippen LogP contribution in [0.15, 0.2) is 93.3 Å². The summed E-state index contributed by atoms with van der Waals surface area (Å²) in [5.74, 6) is 2.57. The quantitative estimate of drug-likeness (QED) is 0.155. The third-order valence-corrected chi connectivity index (χ3v) is 11.0. The van der Waals surface area contributed by atoms with E-state index in [1.807, 2.05) is 55.6 Å². The normalized spacial score (nSPS) is 14.1. The first-order valence-electron chi connectivity index (χ1n) is 16.2. The van der Waals surface area contributed by atoms with Crippen LogP contribution in [-0.4, -0.2) is 82.5 Å². The van der Waals surface area contributed by atoms with Gasteiger partial charge < -0.3 is 5.32 Å². The molecule has 6 aromatic rings. The first kappa shape index (κ1) is 32.5. The van der Waals surface area contributed by atoms with E-state index >= 15 is 0 Å². The van der Waals surface area contributed by atoms with E-state index in [4.69, 9.17) is 12.0 Å². The number of benzene rings is 3. The number of rotatable bonds is 11. The van der Waals surface area contributed by atoms with Gasteiger partial charge in [-0.3, -0.25) is 0 Å². The van der Waals surface area contributed by atoms with Gasteiger partial charge in [0.1, 0.15) is 11.0 Å². The van der Waals surface area contributed by atoms with E-state index in [0.717, 1.165) is 53.7 Å². The molecule has 14 heteroatoms. The van der Waals surface area contributed by atoms with Gasteiger partial charge in [-0.25, -0.2) is 13.0 Å². The van der Waals surface area contributed by atoms with Crippen molar-refractivity contribution in [3.8, 4) is 22.9 Å². The van der Waals surface area contributed by atoms with E-state index in [-0.39, 0.29) is 10.9 Å². The fraction of sp³-hybridized carbons (Fsp3) is 0.286. The summed E-state index contributed by atoms with van der Waals surface area (Å²) in [4.78, 5) is 22.4. The average Bonchev–Trinajstić information content (AvgIpc) is 3.77. The Kier molecular flexibility index (Phi) is 9.20. The van der Waals surface area contributed by atoms with Gasteiger partial charge in [0.05, 0.1) is 4.90 Å². The fourth-order valence-corrected chi connectivity index (χ4v) is 8.10. The molecule has 248 valence electrons. The molecule has 1 aliphatic rings. The monoisotopic (exact) mass is 674 g/mol. The van der Waals surface area contributed by atoms with Gasteiger partial charge in [0.15, 0.2) is 0 Å². The van der Waals surface area contributed by atoms with Crippen LogP contribution in [0.1, 0.15) is 30.4 Å². The van der Waals surface area contributed by atoms with Gasteiger partial charge in [0.25, 0.3) is 0 Å². The van der Waals surface area contributed by atoms with E-state index in [0.29, 0.717) is 48.3 Å². The van der Waals surface area contributed by atoms with Crippen molar-refractivity contribution in [1.29, 1.82) is 0 Å². The third kappa shape index (κ3) is 6.95. The molecule has 0 bridgehead atoms. The fourth-order valence-electron chi connectivity index (χ4n) is 6.37. The molecule has 49 heavy (non-hydrogen) atoms. The van der Waals surface area contributed by atoms with Crippen LogP contribution in [0.2, 0.25) is 0 Å². The molecule has 0 spiro atoms. The number of aromatic amines is 1. The van der Waals surface area contributed by atoms with Gasteiger partial charge in [0.2, 0.25) is 10.0 Å². The summed E-state index contributed by atoms with van der Waals surface area (Å²) < 4.78 is 36.2. The van der Waals surface area contributed by atoms with Crippen LogP contribution in [0.3, 0.4) is 0 Å². The third-order valence-electron chi connectivity index (χ3n) is 9.01. The van der Waals surface area contributed by atoms with Crippen LogP contribution >= 0.6 is 0 Å². The van der Waals surface area contributed by atoms with E-state index < -0.39 is 15.7 Å². The average molecular weight is 675 g/mol. The van der Waals surface area contributed by atoms with Gasteiger partial charge in [-0.15, -0.1) is 0 Å². The number of hydrogen-bond acceptors (Lipinski definition) is 9. The van der Waals surface area contributed by atoms with E-state index in [1.54, 1.807) is 39.7 Å². The standard InChI is InChI=1S/C35H35BN8O4S/c1-42(23-36)21-25-4-9-28(10-5-25)43-22-27-20-32(38-34(27)39-35(43)45)26-7-11-30(12-8-26)49(46,47)44(29-14-16-37-17-15-29)18-2-3-24-6-13-31-33(19-24)41-48-40-31/h4-13,19-20,22,29,37H,2-3,14-18,21H2,1H3,(H,38,39,45). The molecule has 3 aromatic carbocycles. The minimum atomic E-state index is -3.77. The Morgan fingerprint density at radius 1 is 0.980 bits per heavy atom. The topological polar surface area (TPSA) is 142 Å². The summed E-state index contributed by atoms with van der Waals surface area (Å²) in [6, 6.07) is 22.1. The number of sulfonamides is 1. The van der Waals surface area contributed by atoms with Gasteiger partial charge >= 0.3 is 121 Å². The zero-order valence-corrected chi connectivity index (χ0v) is 27.9. The molecule has 7 rings (SSSR count). The maximum absolute atomic E-state index is 14.1. The number of piperidine rings is 1. The second-order valence-corrected chi connectivity index (χ2v) is 14.2. The molecule has 0 radical (unpaired) electrons. The summed E-state index contributed by atoms with van der Waals surface area (Å²) in [7, 11) is 3.51. The predicted molar refractivity (Wildman–Crippen MR) is 188 cm³/mol. The van der Waals surface area contributed by atoms with Gasteiger partial charge in [-0.05, 0) is 84.5 Å². The van der Waals surface area contributed by atoms with Crippen molar-refractivity contribution in [3.05, 3.63) is 101 Å². The Bertz CT molecular complexity index is 2300. The first-order valence-corrected chi connectivity index (χ1v) is 17.7. The van der Waals surface area contributed by atoms with E-state index in [9.17, 15) is 13.2 Å². The van der Waals surface area contributed by atoms with Crippen molar-refractivity contribution < 1.29 is 13.0 Å². The number of H-pyrrole nitrogens is 1. The number of fused-ring (bicyclic) bond motifs is 2. The molecule has 2 N–H and O–H groups in total. The molecular formula is C35H35BN8O4S. The zero-order chi connectivity index (χ0) is 34.0. The molecule has 1 fully saturated rings. The number of hydrogen-bond donors (Lipinski definition) is 2. The molecule has 0 atom stereocenters. The molecular weight excluding hydrogens is 639 g/mol. The van der Waals surface area contributed by atoms with Crippen LogP contribution < -0.4 is 11.0 Å². The second-order valence-electron chi connectivity index (χ2n) is 12.3. The van der Waals surface area contributed by atoms with Gasteiger partial charge in [-0.2, -0.15) is 4.31 Å². The van der Waals surface area contributed by atoms with Crippen molar-refractivity contribution in [2.45, 2.75) is 43.2 Å². The number of nitrogens with zero attached hydrogens (tertiary/aromatic N) is 6. The number of aryl methyl sites for hydroxylation is 1. The zero-order valence-electron chi connectivity index (χ0n) is 27.0. The van der Waals surface area contributed by atoms with Crippen LogP contribution in [0.4, 0.5) is 0 Å². The van der Waals surface area contributed by atoms with Crippen molar-refractivity contribution in [3.63, 3.8) is 0 Å². The molecule has 4 heterocycles. The van der Waals surface area contributed by atoms with Crippen LogP contribution in [0.25, 0.3) is 39.0 Å². The summed E-state index contributed by atoms with van der Waals surface area (Å²) in [6.45, 7) is 2.56. The predicted octanol–water partition coefficient (Wildman–Crippen LogP) is 3.81. The van der Waals surface area contributed by atoms with Crippen molar-refractivity contribution in [1.82, 2.24) is 39.4 Å². The Balaban J connectivity index is 1.09. The summed E-state index contributed by atoms with van der Waals surface area (Å²) >= 11 is 0. The molecule has 0 saturated carbocycles. The second kappa shape index (κ2) is 13.8.